The Labute approximate surface area is 333 Å². The Balaban J connectivity index is 1.28. The van der Waals surface area contributed by atoms with Gasteiger partial charge in [-0.3, -0.25) is 0 Å². The predicted molar refractivity (Wildman–Crippen MR) is 244 cm³/mol. The number of nitrogens with zero attached hydrogens (tertiary/aromatic N) is 2. The highest BCUT2D eigenvalue weighted by Gasteiger charge is 2.41. The van der Waals surface area contributed by atoms with Crippen LogP contribution in [0.1, 0.15) is 0 Å². The van der Waals surface area contributed by atoms with E-state index in [0.717, 1.165) is 11.4 Å². The van der Waals surface area contributed by atoms with E-state index in [-0.39, 0.29) is 0 Å². The Hall–Kier alpha value is -7.20. The lowest BCUT2D eigenvalue weighted by atomic mass is 9.98. The minimum atomic E-state index is -2.76. The Morgan fingerprint density at radius 2 is 0.772 bits per heavy atom. The van der Waals surface area contributed by atoms with Gasteiger partial charge in [0.25, 0.3) is 0 Å². The van der Waals surface area contributed by atoms with Gasteiger partial charge in [-0.15, -0.1) is 0 Å². The van der Waals surface area contributed by atoms with Gasteiger partial charge < -0.3 is 9.13 Å². The molecule has 0 aliphatic heterocycles. The van der Waals surface area contributed by atoms with Crippen LogP contribution in [0.25, 0.3) is 66.1 Å². The first kappa shape index (κ1) is 33.2. The van der Waals surface area contributed by atoms with Gasteiger partial charge >= 0.3 is 0 Å². The molecule has 268 valence electrons. The van der Waals surface area contributed by atoms with Crippen molar-refractivity contribution in [3.8, 4) is 22.5 Å². The van der Waals surface area contributed by atoms with Crippen molar-refractivity contribution in [3.05, 3.63) is 231 Å². The molecule has 0 bridgehead atoms. The second-order valence-electron chi connectivity index (χ2n) is 14.8. The van der Waals surface area contributed by atoms with Crippen LogP contribution in [-0.4, -0.2) is 17.2 Å². The number of rotatable bonds is 7. The number of fused-ring (bicyclic) bond motifs is 7. The number of hydrogen-bond donors (Lipinski definition) is 0. The normalized spacial score (nSPS) is 11.9. The predicted octanol–water partition coefficient (Wildman–Crippen LogP) is 10.9. The second-order valence-corrected chi connectivity index (χ2v) is 18.7. The maximum absolute atomic E-state index is 2.76. The summed E-state index contributed by atoms with van der Waals surface area (Å²) in [6.45, 7) is 0. The maximum Gasteiger partial charge on any atom is 0.179 e. The fraction of sp³-hybridized carbons (Fsp3) is 0. The first-order chi connectivity index (χ1) is 28.3. The fourth-order valence-corrected chi connectivity index (χ4v) is 14.3. The Kier molecular flexibility index (Phi) is 7.87. The van der Waals surface area contributed by atoms with Gasteiger partial charge in [-0.1, -0.05) is 188 Å². The van der Waals surface area contributed by atoms with E-state index in [1.54, 1.807) is 0 Å². The molecule has 0 saturated heterocycles. The van der Waals surface area contributed by atoms with Crippen molar-refractivity contribution in [2.75, 3.05) is 0 Å². The molecule has 11 rings (SSSR count). The van der Waals surface area contributed by atoms with Crippen molar-refractivity contribution in [1.82, 2.24) is 9.13 Å². The molecule has 0 aliphatic rings. The van der Waals surface area contributed by atoms with Crippen molar-refractivity contribution >= 4 is 72.4 Å². The highest BCUT2D eigenvalue weighted by Crippen LogP contribution is 2.45. The van der Waals surface area contributed by atoms with E-state index in [4.69, 9.17) is 0 Å². The van der Waals surface area contributed by atoms with Gasteiger partial charge in [0.1, 0.15) is 0 Å². The molecule has 0 amide bonds. The fourth-order valence-electron chi connectivity index (χ4n) is 9.52. The molecule has 57 heavy (non-hydrogen) atoms. The molecule has 0 aliphatic carbocycles. The molecule has 0 unspecified atom stereocenters. The Morgan fingerprint density at radius 3 is 1.39 bits per heavy atom. The van der Waals surface area contributed by atoms with Crippen LogP contribution in [0.4, 0.5) is 0 Å². The van der Waals surface area contributed by atoms with Crippen LogP contribution in [0.3, 0.4) is 0 Å². The molecule has 11 aromatic rings. The molecule has 0 atom stereocenters. The average Bonchev–Trinajstić information content (AvgIpc) is 3.82. The summed E-state index contributed by atoms with van der Waals surface area (Å²) < 4.78 is 4.94. The SMILES string of the molecule is c1ccc(-n2c3cccc(-c4cccc([Si](c5ccccc5)(c5ccccc5)c5ccccc5)c4)c3c3c2ccc2c4ccccc4n(-c4ccccc4)c23)cc1. The summed E-state index contributed by atoms with van der Waals surface area (Å²) in [6.07, 6.45) is 0. The third kappa shape index (κ3) is 5.10. The van der Waals surface area contributed by atoms with Crippen LogP contribution in [0, 0.1) is 0 Å². The van der Waals surface area contributed by atoms with E-state index < -0.39 is 8.07 Å². The molecule has 0 saturated carbocycles. The highest BCUT2D eigenvalue weighted by molar-refractivity contribution is 7.19. The zero-order valence-electron chi connectivity index (χ0n) is 31.3. The molecular formula is C54H38N2Si. The van der Waals surface area contributed by atoms with Crippen LogP contribution in [0.15, 0.2) is 231 Å². The van der Waals surface area contributed by atoms with Crippen molar-refractivity contribution in [2.24, 2.45) is 0 Å². The monoisotopic (exact) mass is 742 g/mol. The molecule has 2 nitrogen and oxygen atoms in total. The molecular weight excluding hydrogens is 705 g/mol. The van der Waals surface area contributed by atoms with E-state index >= 15 is 0 Å². The number of aromatic nitrogens is 2. The molecule has 3 heteroatoms. The largest absolute Gasteiger partial charge is 0.309 e. The van der Waals surface area contributed by atoms with E-state index in [2.05, 4.69) is 240 Å². The summed E-state index contributed by atoms with van der Waals surface area (Å²) >= 11 is 0. The van der Waals surface area contributed by atoms with Gasteiger partial charge in [0, 0.05) is 32.9 Å². The van der Waals surface area contributed by atoms with Gasteiger partial charge in [-0.05, 0) is 74.3 Å². The lowest BCUT2D eigenvalue weighted by Crippen LogP contribution is -2.74. The van der Waals surface area contributed by atoms with E-state index in [0.29, 0.717) is 0 Å². The van der Waals surface area contributed by atoms with Gasteiger partial charge in [0.15, 0.2) is 8.07 Å². The first-order valence-electron chi connectivity index (χ1n) is 19.7. The summed E-state index contributed by atoms with van der Waals surface area (Å²) in [5, 5.41) is 10.5. The number of para-hydroxylation sites is 3. The quantitative estimate of drug-likeness (QED) is 0.114. The molecule has 0 spiro atoms. The molecule has 0 fully saturated rings. The topological polar surface area (TPSA) is 9.86 Å². The van der Waals surface area contributed by atoms with Crippen LogP contribution < -0.4 is 20.7 Å². The molecule has 9 aromatic carbocycles. The van der Waals surface area contributed by atoms with E-state index in [1.165, 1.54) is 75.5 Å². The van der Waals surface area contributed by atoms with Gasteiger partial charge in [0.2, 0.25) is 0 Å². The highest BCUT2D eigenvalue weighted by atomic mass is 28.3. The second kappa shape index (κ2) is 13.5. The van der Waals surface area contributed by atoms with E-state index in [9.17, 15) is 0 Å². The summed E-state index contributed by atoms with van der Waals surface area (Å²) in [5.41, 5.74) is 9.55. The number of benzene rings is 9. The number of hydrogen-bond acceptors (Lipinski definition) is 0. The van der Waals surface area contributed by atoms with Crippen molar-refractivity contribution in [3.63, 3.8) is 0 Å². The Morgan fingerprint density at radius 1 is 0.298 bits per heavy atom. The third-order valence-electron chi connectivity index (χ3n) is 11.8. The maximum atomic E-state index is 2.51. The summed E-state index contributed by atoms with van der Waals surface area (Å²) in [4.78, 5) is 0. The lowest BCUT2D eigenvalue weighted by Gasteiger charge is -2.34. The zero-order chi connectivity index (χ0) is 37.8. The Bertz CT molecular complexity index is 3110. The first-order valence-corrected chi connectivity index (χ1v) is 21.7. The van der Waals surface area contributed by atoms with Crippen LogP contribution in [0.2, 0.25) is 0 Å². The molecule has 0 radical (unpaired) electrons. The third-order valence-corrected chi connectivity index (χ3v) is 16.6. The average molecular weight is 743 g/mol. The van der Waals surface area contributed by atoms with Gasteiger partial charge in [-0.2, -0.15) is 0 Å². The molecule has 2 aromatic heterocycles. The van der Waals surface area contributed by atoms with Crippen molar-refractivity contribution in [2.45, 2.75) is 0 Å². The molecule has 2 heterocycles. The van der Waals surface area contributed by atoms with E-state index in [1.807, 2.05) is 0 Å². The standard InChI is InChI=1S/C54H38N2Si/c1-6-21-40(22-7-1)55-50-35-19-33-46(52(50)53-51(55)37-36-48-47-32-16-17-34-49(47)56(54(48)53)41-23-8-2-9-24-41)39-20-18-31-45(38-39)57(42-25-10-3-11-26-42,43-27-12-4-13-28-43)44-29-14-5-15-30-44/h1-38H. The van der Waals surface area contributed by atoms with Gasteiger partial charge in [-0.25, -0.2) is 0 Å². The molecule has 0 N–H and O–H groups in total. The van der Waals surface area contributed by atoms with Gasteiger partial charge in [0.05, 0.1) is 22.1 Å². The van der Waals surface area contributed by atoms with Crippen molar-refractivity contribution in [1.29, 1.82) is 0 Å². The summed E-state index contributed by atoms with van der Waals surface area (Å²) in [6, 6.07) is 85.2. The summed E-state index contributed by atoms with van der Waals surface area (Å²) in [7, 11) is -2.76. The summed E-state index contributed by atoms with van der Waals surface area (Å²) in [5.74, 6) is 0. The minimum absolute atomic E-state index is 1.15. The van der Waals surface area contributed by atoms with Crippen molar-refractivity contribution < 1.29 is 0 Å². The minimum Gasteiger partial charge on any atom is -0.309 e. The zero-order valence-corrected chi connectivity index (χ0v) is 32.3. The lowest BCUT2D eigenvalue weighted by molar-refractivity contribution is 1.17. The van der Waals surface area contributed by atoms with Crippen LogP contribution in [0.5, 0.6) is 0 Å². The smallest absolute Gasteiger partial charge is 0.179 e. The van der Waals surface area contributed by atoms with Crippen LogP contribution >= 0.6 is 0 Å². The van der Waals surface area contributed by atoms with Crippen LogP contribution in [-0.2, 0) is 0 Å².